The summed E-state index contributed by atoms with van der Waals surface area (Å²) < 4.78 is 1.18. The lowest BCUT2D eigenvalue weighted by atomic mass is 9.97. The summed E-state index contributed by atoms with van der Waals surface area (Å²) in [7, 11) is 1.97. The number of para-hydroxylation sites is 2. The van der Waals surface area contributed by atoms with Crippen LogP contribution < -0.4 is 5.32 Å². The van der Waals surface area contributed by atoms with Crippen LogP contribution in [0.3, 0.4) is 0 Å². The van der Waals surface area contributed by atoms with Gasteiger partial charge in [-0.2, -0.15) is 0 Å². The van der Waals surface area contributed by atoms with Crippen LogP contribution in [0.4, 0.5) is 5.69 Å². The summed E-state index contributed by atoms with van der Waals surface area (Å²) in [6.45, 7) is 6.77. The van der Waals surface area contributed by atoms with E-state index >= 15 is 0 Å². The Bertz CT molecular complexity index is 888. The Morgan fingerprint density at radius 2 is 1.85 bits per heavy atom. The topological polar surface area (TPSA) is 45.2 Å². The van der Waals surface area contributed by atoms with Crippen LogP contribution >= 0.6 is 11.3 Å². The molecule has 0 spiro atoms. The molecular formula is C22H27N3OS. The molecular weight excluding hydrogens is 354 g/mol. The lowest BCUT2D eigenvalue weighted by molar-refractivity contribution is -0.117. The van der Waals surface area contributed by atoms with Gasteiger partial charge in [-0.15, -0.1) is 11.3 Å². The van der Waals surface area contributed by atoms with E-state index in [0.717, 1.165) is 22.6 Å². The van der Waals surface area contributed by atoms with Gasteiger partial charge < -0.3 is 5.32 Å². The molecule has 0 radical (unpaired) electrons. The van der Waals surface area contributed by atoms with Crippen molar-refractivity contribution in [3.63, 3.8) is 0 Å². The second kappa shape index (κ2) is 8.63. The van der Waals surface area contributed by atoms with Crippen molar-refractivity contribution in [1.82, 2.24) is 9.88 Å². The van der Waals surface area contributed by atoms with Crippen LogP contribution in [0, 0.1) is 0 Å². The maximum Gasteiger partial charge on any atom is 0.238 e. The third-order valence-electron chi connectivity index (χ3n) is 5.10. The smallest absolute Gasteiger partial charge is 0.238 e. The highest BCUT2D eigenvalue weighted by Gasteiger charge is 2.19. The normalized spacial score (nSPS) is 13.7. The molecule has 3 rings (SSSR count). The fourth-order valence-corrected chi connectivity index (χ4v) is 4.16. The largest absolute Gasteiger partial charge is 0.325 e. The van der Waals surface area contributed by atoms with Gasteiger partial charge in [0.15, 0.2) is 0 Å². The standard InChI is InChI=1S/C22H27N3OS/c1-5-15(2)17-10-6-7-11-18(17)23-21(26)14-25(4)16(3)22-24-19-12-8-9-13-20(19)27-22/h6-13,15-16H,5,14H2,1-4H3,(H,23,26)/t15-,16-/m0/s1. The first-order chi connectivity index (χ1) is 13.0. The molecule has 0 saturated heterocycles. The van der Waals surface area contributed by atoms with E-state index in [9.17, 15) is 4.79 Å². The van der Waals surface area contributed by atoms with Gasteiger partial charge in [-0.1, -0.05) is 44.2 Å². The average molecular weight is 382 g/mol. The number of hydrogen-bond donors (Lipinski definition) is 1. The van der Waals surface area contributed by atoms with Crippen molar-refractivity contribution in [2.75, 3.05) is 18.9 Å². The Balaban J connectivity index is 1.67. The molecule has 0 unspecified atom stereocenters. The fourth-order valence-electron chi connectivity index (χ4n) is 3.07. The first-order valence-corrected chi connectivity index (χ1v) is 10.3. The van der Waals surface area contributed by atoms with Crippen molar-refractivity contribution in [1.29, 1.82) is 0 Å². The molecule has 0 aliphatic carbocycles. The number of hydrogen-bond acceptors (Lipinski definition) is 4. The molecule has 3 aromatic rings. The van der Waals surface area contributed by atoms with E-state index in [4.69, 9.17) is 4.98 Å². The molecule has 0 saturated carbocycles. The van der Waals surface area contributed by atoms with Gasteiger partial charge in [0.2, 0.25) is 5.91 Å². The Morgan fingerprint density at radius 1 is 1.15 bits per heavy atom. The molecule has 4 nitrogen and oxygen atoms in total. The molecule has 0 bridgehead atoms. The molecule has 1 N–H and O–H groups in total. The number of rotatable bonds is 7. The number of carbonyl (C=O) groups excluding carboxylic acids is 1. The van der Waals surface area contributed by atoms with Crippen LogP contribution in [-0.4, -0.2) is 29.4 Å². The lowest BCUT2D eigenvalue weighted by Gasteiger charge is -2.23. The molecule has 2 aromatic carbocycles. The van der Waals surface area contributed by atoms with E-state index in [2.05, 4.69) is 38.2 Å². The monoisotopic (exact) mass is 381 g/mol. The van der Waals surface area contributed by atoms with Gasteiger partial charge in [0, 0.05) is 5.69 Å². The van der Waals surface area contributed by atoms with E-state index in [1.54, 1.807) is 11.3 Å². The Kier molecular flexibility index (Phi) is 6.24. The molecule has 142 valence electrons. The van der Waals surface area contributed by atoms with Crippen molar-refractivity contribution in [3.05, 3.63) is 59.1 Å². The minimum absolute atomic E-state index is 0.00112. The number of anilines is 1. The number of aromatic nitrogens is 1. The van der Waals surface area contributed by atoms with Crippen LogP contribution in [0.1, 0.15) is 49.7 Å². The molecule has 0 aliphatic heterocycles. The minimum Gasteiger partial charge on any atom is -0.325 e. The minimum atomic E-state index is 0.00112. The Hall–Kier alpha value is -2.24. The first-order valence-electron chi connectivity index (χ1n) is 9.44. The maximum atomic E-state index is 12.6. The highest BCUT2D eigenvalue weighted by Crippen LogP contribution is 2.29. The van der Waals surface area contributed by atoms with E-state index < -0.39 is 0 Å². The van der Waals surface area contributed by atoms with Gasteiger partial charge in [-0.05, 0) is 50.1 Å². The molecule has 2 atom stereocenters. The van der Waals surface area contributed by atoms with Crippen molar-refractivity contribution in [2.45, 2.75) is 39.2 Å². The van der Waals surface area contributed by atoms with Gasteiger partial charge in [-0.3, -0.25) is 9.69 Å². The van der Waals surface area contributed by atoms with E-state index in [-0.39, 0.29) is 11.9 Å². The van der Waals surface area contributed by atoms with Crippen molar-refractivity contribution in [2.24, 2.45) is 0 Å². The third kappa shape index (κ3) is 4.54. The fraction of sp³-hybridized carbons (Fsp3) is 0.364. The average Bonchev–Trinajstić information content (AvgIpc) is 3.11. The van der Waals surface area contributed by atoms with E-state index in [1.165, 1.54) is 10.3 Å². The quantitative estimate of drug-likeness (QED) is 0.592. The second-order valence-electron chi connectivity index (χ2n) is 7.06. The van der Waals surface area contributed by atoms with Crippen LogP contribution in [0.25, 0.3) is 10.2 Å². The van der Waals surface area contributed by atoms with Crippen molar-refractivity contribution in [3.8, 4) is 0 Å². The molecule has 0 fully saturated rings. The van der Waals surface area contributed by atoms with Gasteiger partial charge in [0.25, 0.3) is 0 Å². The number of likely N-dealkylation sites (N-methyl/N-ethyl adjacent to an activating group) is 1. The number of carbonyl (C=O) groups is 1. The van der Waals surface area contributed by atoms with Crippen molar-refractivity contribution < 1.29 is 4.79 Å². The second-order valence-corrected chi connectivity index (χ2v) is 8.12. The molecule has 0 aliphatic rings. The number of nitrogens with zero attached hydrogens (tertiary/aromatic N) is 2. The Labute approximate surface area is 165 Å². The summed E-state index contributed by atoms with van der Waals surface area (Å²) in [6, 6.07) is 16.3. The lowest BCUT2D eigenvalue weighted by Crippen LogP contribution is -2.32. The summed E-state index contributed by atoms with van der Waals surface area (Å²) >= 11 is 1.69. The zero-order chi connectivity index (χ0) is 19.4. The molecule has 5 heteroatoms. The summed E-state index contributed by atoms with van der Waals surface area (Å²) in [6.07, 6.45) is 1.04. The molecule has 1 aromatic heterocycles. The number of thiazole rings is 1. The van der Waals surface area contributed by atoms with Crippen LogP contribution in [0.2, 0.25) is 0 Å². The third-order valence-corrected chi connectivity index (χ3v) is 6.31. The molecule has 1 amide bonds. The van der Waals surface area contributed by atoms with E-state index in [0.29, 0.717) is 12.5 Å². The number of benzene rings is 2. The highest BCUT2D eigenvalue weighted by atomic mass is 32.1. The van der Waals surface area contributed by atoms with E-state index in [1.807, 2.05) is 48.3 Å². The zero-order valence-electron chi connectivity index (χ0n) is 16.4. The number of fused-ring (bicyclic) bond motifs is 1. The van der Waals surface area contributed by atoms with Gasteiger partial charge >= 0.3 is 0 Å². The SMILES string of the molecule is CC[C@H](C)c1ccccc1NC(=O)CN(C)[C@@H](C)c1nc2ccccc2s1. The summed E-state index contributed by atoms with van der Waals surface area (Å²) in [5, 5.41) is 4.13. The van der Waals surface area contributed by atoms with Crippen LogP contribution in [0.5, 0.6) is 0 Å². The van der Waals surface area contributed by atoms with Crippen molar-refractivity contribution >= 4 is 33.1 Å². The van der Waals surface area contributed by atoms with Crippen LogP contribution in [0.15, 0.2) is 48.5 Å². The van der Waals surface area contributed by atoms with Crippen LogP contribution in [-0.2, 0) is 4.79 Å². The summed E-state index contributed by atoms with van der Waals surface area (Å²) in [4.78, 5) is 19.4. The van der Waals surface area contributed by atoms with Gasteiger partial charge in [-0.25, -0.2) is 4.98 Å². The van der Waals surface area contributed by atoms with Gasteiger partial charge in [0.1, 0.15) is 5.01 Å². The maximum absolute atomic E-state index is 12.6. The molecule has 27 heavy (non-hydrogen) atoms. The highest BCUT2D eigenvalue weighted by molar-refractivity contribution is 7.18. The zero-order valence-corrected chi connectivity index (χ0v) is 17.2. The predicted molar refractivity (Wildman–Crippen MR) is 114 cm³/mol. The summed E-state index contributed by atoms with van der Waals surface area (Å²) in [5.41, 5.74) is 3.12. The Morgan fingerprint density at radius 3 is 2.59 bits per heavy atom. The number of amides is 1. The number of nitrogens with one attached hydrogen (secondary N) is 1. The van der Waals surface area contributed by atoms with Gasteiger partial charge in [0.05, 0.1) is 22.8 Å². The first kappa shape index (κ1) is 19.5. The molecule has 1 heterocycles. The predicted octanol–water partition coefficient (Wildman–Crippen LogP) is 5.44. The summed E-state index contributed by atoms with van der Waals surface area (Å²) in [5.74, 6) is 0.419.